The van der Waals surface area contributed by atoms with Gasteiger partial charge in [0, 0.05) is 16.7 Å². The maximum atomic E-state index is 12.1. The fourth-order valence-electron chi connectivity index (χ4n) is 2.67. The van der Waals surface area contributed by atoms with Crippen LogP contribution in [0.15, 0.2) is 30.3 Å². The van der Waals surface area contributed by atoms with Crippen LogP contribution in [0.25, 0.3) is 0 Å². The molecule has 0 radical (unpaired) electrons. The normalized spacial score (nSPS) is 16.0. The monoisotopic (exact) mass is 262 g/mol. The number of para-hydroxylation sites is 1. The van der Waals surface area contributed by atoms with Gasteiger partial charge in [-0.2, -0.15) is 0 Å². The van der Waals surface area contributed by atoms with Gasteiger partial charge in [-0.25, -0.2) is 0 Å². The Morgan fingerprint density at radius 3 is 2.42 bits per heavy atom. The number of hydrogen-bond donors (Lipinski definition) is 0. The van der Waals surface area contributed by atoms with Crippen LogP contribution in [-0.2, 0) is 4.79 Å². The minimum absolute atomic E-state index is 0.101. The average molecular weight is 262 g/mol. The lowest BCUT2D eigenvalue weighted by atomic mass is 9.93. The number of carbonyl (C=O) groups excluding carboxylic acids is 1. The highest BCUT2D eigenvalue weighted by molar-refractivity contribution is 5.94. The van der Waals surface area contributed by atoms with Crippen molar-refractivity contribution in [3.63, 3.8) is 0 Å². The first-order valence-corrected chi connectivity index (χ1v) is 6.67. The first kappa shape index (κ1) is 13.5. The highest BCUT2D eigenvalue weighted by atomic mass is 16.6. The Labute approximate surface area is 112 Å². The predicted octanol–water partition coefficient (Wildman–Crippen LogP) is 2.63. The van der Waals surface area contributed by atoms with Crippen molar-refractivity contribution in [1.82, 2.24) is 0 Å². The van der Waals surface area contributed by atoms with E-state index in [2.05, 4.69) is 0 Å². The molecule has 0 saturated heterocycles. The fourth-order valence-corrected chi connectivity index (χ4v) is 2.67. The molecule has 5 nitrogen and oxygen atoms in total. The van der Waals surface area contributed by atoms with Gasteiger partial charge in [-0.05, 0) is 25.0 Å². The molecule has 0 bridgehead atoms. The largest absolute Gasteiger partial charge is 0.304 e. The molecule has 19 heavy (non-hydrogen) atoms. The molecule has 1 aliphatic carbocycles. The molecule has 5 heteroatoms. The minimum Gasteiger partial charge on any atom is -0.304 e. The van der Waals surface area contributed by atoms with Crippen molar-refractivity contribution in [2.45, 2.75) is 38.1 Å². The predicted molar refractivity (Wildman–Crippen MR) is 72.7 cm³/mol. The molecule has 0 unspecified atom stereocenters. The van der Waals surface area contributed by atoms with E-state index in [0.29, 0.717) is 0 Å². The van der Waals surface area contributed by atoms with Crippen LogP contribution in [0.1, 0.15) is 32.1 Å². The van der Waals surface area contributed by atoms with Crippen LogP contribution in [0.2, 0.25) is 0 Å². The Morgan fingerprint density at radius 1 is 1.21 bits per heavy atom. The molecule has 0 spiro atoms. The van der Waals surface area contributed by atoms with Gasteiger partial charge in [-0.15, -0.1) is 0 Å². The third-order valence-corrected chi connectivity index (χ3v) is 3.51. The summed E-state index contributed by atoms with van der Waals surface area (Å²) in [6.07, 6.45) is 5.21. The van der Waals surface area contributed by atoms with Gasteiger partial charge in [-0.1, -0.05) is 37.5 Å². The van der Waals surface area contributed by atoms with E-state index in [1.54, 1.807) is 4.90 Å². The van der Waals surface area contributed by atoms with Crippen molar-refractivity contribution in [3.8, 4) is 0 Å². The summed E-state index contributed by atoms with van der Waals surface area (Å²) in [6.45, 7) is -0.634. The Morgan fingerprint density at radius 2 is 1.84 bits per heavy atom. The summed E-state index contributed by atoms with van der Waals surface area (Å²) < 4.78 is 0. The summed E-state index contributed by atoms with van der Waals surface area (Å²) >= 11 is 0. The molecule has 0 aromatic heterocycles. The topological polar surface area (TPSA) is 63.4 Å². The Bertz CT molecular complexity index is 441. The van der Waals surface area contributed by atoms with Gasteiger partial charge in [-0.3, -0.25) is 14.9 Å². The molecule has 1 aliphatic rings. The van der Waals surface area contributed by atoms with Crippen molar-refractivity contribution < 1.29 is 9.72 Å². The maximum Gasteiger partial charge on any atom is 0.298 e. The third kappa shape index (κ3) is 3.53. The molecule has 102 valence electrons. The number of carbonyl (C=O) groups is 1. The van der Waals surface area contributed by atoms with Gasteiger partial charge >= 0.3 is 0 Å². The highest BCUT2D eigenvalue weighted by Gasteiger charge is 2.29. The van der Waals surface area contributed by atoms with E-state index in [4.69, 9.17) is 0 Å². The summed E-state index contributed by atoms with van der Waals surface area (Å²) in [5.74, 6) is -0.414. The number of amides is 1. The molecular weight excluding hydrogens is 244 g/mol. The maximum absolute atomic E-state index is 12.1. The zero-order valence-electron chi connectivity index (χ0n) is 10.8. The van der Waals surface area contributed by atoms with Crippen LogP contribution in [0.4, 0.5) is 5.69 Å². The van der Waals surface area contributed by atoms with E-state index in [-0.39, 0.29) is 6.04 Å². The van der Waals surface area contributed by atoms with E-state index >= 15 is 0 Å². The number of rotatable bonds is 4. The highest BCUT2D eigenvalue weighted by Crippen LogP contribution is 2.27. The molecule has 1 aromatic rings. The molecule has 0 heterocycles. The summed E-state index contributed by atoms with van der Waals surface area (Å²) in [6, 6.07) is 9.36. The van der Waals surface area contributed by atoms with E-state index in [0.717, 1.165) is 31.4 Å². The summed E-state index contributed by atoms with van der Waals surface area (Å²) in [7, 11) is 0. The second kappa shape index (κ2) is 6.31. The van der Waals surface area contributed by atoms with E-state index in [1.165, 1.54) is 6.42 Å². The zero-order valence-corrected chi connectivity index (χ0v) is 10.8. The molecular formula is C14H18N2O3. The third-order valence-electron chi connectivity index (χ3n) is 3.51. The van der Waals surface area contributed by atoms with Gasteiger partial charge in [0.2, 0.25) is 0 Å². The van der Waals surface area contributed by atoms with Crippen LogP contribution in [-0.4, -0.2) is 23.4 Å². The molecule has 2 rings (SSSR count). The molecule has 1 amide bonds. The quantitative estimate of drug-likeness (QED) is 0.619. The zero-order chi connectivity index (χ0) is 13.7. The smallest absolute Gasteiger partial charge is 0.298 e. The van der Waals surface area contributed by atoms with Crippen molar-refractivity contribution >= 4 is 11.6 Å². The summed E-state index contributed by atoms with van der Waals surface area (Å²) in [4.78, 5) is 23.8. The molecule has 1 fully saturated rings. The van der Waals surface area contributed by atoms with Crippen molar-refractivity contribution in [2.75, 3.05) is 11.4 Å². The molecule has 0 N–H and O–H groups in total. The summed E-state index contributed by atoms with van der Waals surface area (Å²) in [5.41, 5.74) is 0.765. The van der Waals surface area contributed by atoms with Gasteiger partial charge in [0.15, 0.2) is 0 Å². The number of nitrogens with zero attached hydrogens (tertiary/aromatic N) is 2. The van der Waals surface area contributed by atoms with Crippen LogP contribution in [0.5, 0.6) is 0 Å². The van der Waals surface area contributed by atoms with Gasteiger partial charge in [0.1, 0.15) is 0 Å². The Kier molecular flexibility index (Phi) is 4.49. The van der Waals surface area contributed by atoms with Crippen LogP contribution in [0, 0.1) is 10.1 Å². The molecule has 0 atom stereocenters. The van der Waals surface area contributed by atoms with Crippen LogP contribution in [0.3, 0.4) is 0 Å². The van der Waals surface area contributed by atoms with Crippen molar-refractivity contribution in [3.05, 3.63) is 40.4 Å². The first-order chi connectivity index (χ1) is 9.18. The lowest BCUT2D eigenvalue weighted by Crippen LogP contribution is -2.44. The Hall–Kier alpha value is -1.91. The number of benzene rings is 1. The number of nitro groups is 1. The van der Waals surface area contributed by atoms with E-state index < -0.39 is 17.4 Å². The molecule has 1 aromatic carbocycles. The second-order valence-electron chi connectivity index (χ2n) is 4.88. The lowest BCUT2D eigenvalue weighted by Gasteiger charge is -2.33. The van der Waals surface area contributed by atoms with Gasteiger partial charge in [0.05, 0.1) is 0 Å². The molecule has 0 aliphatic heterocycles. The van der Waals surface area contributed by atoms with Crippen molar-refractivity contribution in [2.24, 2.45) is 0 Å². The second-order valence-corrected chi connectivity index (χ2v) is 4.88. The van der Waals surface area contributed by atoms with Gasteiger partial charge < -0.3 is 4.90 Å². The van der Waals surface area contributed by atoms with Crippen molar-refractivity contribution in [1.29, 1.82) is 0 Å². The standard InChI is InChI=1S/C14H18N2O3/c17-14(11-15(18)19)16(12-7-3-1-4-8-12)13-9-5-2-6-10-13/h1,3-4,7-8,13H,2,5-6,9-11H2. The SMILES string of the molecule is O=C(C[N+](=O)[O-])N(c1ccccc1)C1CCCCC1. The van der Waals surface area contributed by atoms with Gasteiger partial charge in [0.25, 0.3) is 12.5 Å². The first-order valence-electron chi connectivity index (χ1n) is 6.67. The average Bonchev–Trinajstić information content (AvgIpc) is 2.40. The fraction of sp³-hybridized carbons (Fsp3) is 0.500. The van der Waals surface area contributed by atoms with E-state index in [1.807, 2.05) is 30.3 Å². The summed E-state index contributed by atoms with van der Waals surface area (Å²) in [5, 5.41) is 10.6. The number of hydrogen-bond acceptors (Lipinski definition) is 3. The Balaban J connectivity index is 2.22. The van der Waals surface area contributed by atoms with Crippen LogP contribution >= 0.6 is 0 Å². The lowest BCUT2D eigenvalue weighted by molar-refractivity contribution is -0.467. The number of anilines is 1. The van der Waals surface area contributed by atoms with Crippen LogP contribution < -0.4 is 4.90 Å². The van der Waals surface area contributed by atoms with E-state index in [9.17, 15) is 14.9 Å². The minimum atomic E-state index is -0.634. The molecule has 1 saturated carbocycles.